The monoisotopic (exact) mass is 419 g/mol. The molecule has 3 aromatic carbocycles. The van der Waals surface area contributed by atoms with E-state index < -0.39 is 11.7 Å². The van der Waals surface area contributed by atoms with Crippen molar-refractivity contribution in [1.82, 2.24) is 4.90 Å². The van der Waals surface area contributed by atoms with Gasteiger partial charge in [0.05, 0.1) is 11.7 Å². The lowest BCUT2D eigenvalue weighted by Crippen LogP contribution is -2.47. The first-order chi connectivity index (χ1) is 15.0. The van der Waals surface area contributed by atoms with Crippen LogP contribution in [0.15, 0.2) is 84.9 Å². The van der Waals surface area contributed by atoms with Crippen molar-refractivity contribution in [2.45, 2.75) is 44.1 Å². The molecule has 4 nitrogen and oxygen atoms in total. The van der Waals surface area contributed by atoms with Crippen molar-refractivity contribution in [3.8, 4) is 5.75 Å². The summed E-state index contributed by atoms with van der Waals surface area (Å²) < 4.78 is 5.85. The number of rotatable bonds is 7. The Hall–Kier alpha value is -2.66. The van der Waals surface area contributed by atoms with Crippen LogP contribution in [0.1, 0.15) is 42.6 Å². The van der Waals surface area contributed by atoms with Gasteiger partial charge in [0.25, 0.3) is 0 Å². The van der Waals surface area contributed by atoms with Gasteiger partial charge in [0.1, 0.15) is 12.4 Å². The highest BCUT2D eigenvalue weighted by molar-refractivity contribution is 5.30. The van der Waals surface area contributed by atoms with E-state index in [1.807, 2.05) is 84.9 Å². The summed E-state index contributed by atoms with van der Waals surface area (Å²) in [5.41, 5.74) is 2.21. The molecular weight excluding hydrogens is 388 g/mol. The highest BCUT2D eigenvalue weighted by atomic mass is 16.5. The summed E-state index contributed by atoms with van der Waals surface area (Å²) in [6, 6.07) is 27.6. The summed E-state index contributed by atoms with van der Waals surface area (Å²) in [7, 11) is 0. The standard InChI is InChI=1S/C27H31NO3/c1-21(28-18-16-27(30,17-19-28)24-10-6-3-7-11-24)26(29)23-12-14-25(15-13-23)31-20-22-8-4-2-5-9-22/h2-15,21,26,29-30H,16-20H2,1H3/t21-,26+/m0/s1/i1+2. The fourth-order valence-electron chi connectivity index (χ4n) is 4.32. The summed E-state index contributed by atoms with van der Waals surface area (Å²) in [4.78, 5) is 2.27. The van der Waals surface area contributed by atoms with E-state index in [-0.39, 0.29) is 6.04 Å². The summed E-state index contributed by atoms with van der Waals surface area (Å²) >= 11 is 0. The minimum Gasteiger partial charge on any atom is -0.489 e. The zero-order valence-electron chi connectivity index (χ0n) is 18.0. The summed E-state index contributed by atoms with van der Waals surface area (Å²) in [6.45, 7) is 4.08. The van der Waals surface area contributed by atoms with Gasteiger partial charge < -0.3 is 14.9 Å². The molecule has 3 aromatic rings. The molecule has 1 aliphatic heterocycles. The second kappa shape index (κ2) is 9.65. The Bertz CT molecular complexity index is 935. The average molecular weight is 420 g/mol. The van der Waals surface area contributed by atoms with Crippen molar-refractivity contribution >= 4 is 0 Å². The zero-order chi connectivity index (χ0) is 21.7. The third-order valence-corrected chi connectivity index (χ3v) is 6.44. The van der Waals surface area contributed by atoms with Gasteiger partial charge in [0.2, 0.25) is 0 Å². The van der Waals surface area contributed by atoms with Crippen LogP contribution in [0, 0.1) is 0 Å². The number of benzene rings is 3. The predicted octanol–water partition coefficient (Wildman–Crippen LogP) is 4.67. The van der Waals surface area contributed by atoms with Crippen molar-refractivity contribution in [3.05, 3.63) is 102 Å². The van der Waals surface area contributed by atoms with Gasteiger partial charge in [-0.3, -0.25) is 4.90 Å². The van der Waals surface area contributed by atoms with E-state index >= 15 is 0 Å². The van der Waals surface area contributed by atoms with E-state index in [9.17, 15) is 10.2 Å². The molecule has 0 amide bonds. The Morgan fingerprint density at radius 1 is 0.871 bits per heavy atom. The largest absolute Gasteiger partial charge is 0.489 e. The number of nitrogens with zero attached hydrogens (tertiary/aromatic N) is 1. The summed E-state index contributed by atoms with van der Waals surface area (Å²) in [5.74, 6) is 0.790. The van der Waals surface area contributed by atoms with Gasteiger partial charge in [-0.1, -0.05) is 72.8 Å². The lowest BCUT2D eigenvalue weighted by atomic mass is 9.84. The van der Waals surface area contributed by atoms with Crippen LogP contribution in [0.3, 0.4) is 0 Å². The molecule has 31 heavy (non-hydrogen) atoms. The van der Waals surface area contributed by atoms with Crippen molar-refractivity contribution in [2.75, 3.05) is 13.1 Å². The van der Waals surface area contributed by atoms with Gasteiger partial charge >= 0.3 is 0 Å². The Morgan fingerprint density at radius 3 is 2.06 bits per heavy atom. The quantitative estimate of drug-likeness (QED) is 0.584. The highest BCUT2D eigenvalue weighted by Crippen LogP contribution is 2.35. The van der Waals surface area contributed by atoms with Gasteiger partial charge in [0.15, 0.2) is 0 Å². The van der Waals surface area contributed by atoms with E-state index in [0.717, 1.165) is 35.5 Å². The molecule has 0 bridgehead atoms. The molecule has 1 fully saturated rings. The van der Waals surface area contributed by atoms with Crippen LogP contribution in [0.25, 0.3) is 0 Å². The molecule has 2 atom stereocenters. The maximum Gasteiger partial charge on any atom is 0.119 e. The van der Waals surface area contributed by atoms with Crippen LogP contribution >= 0.6 is 0 Å². The number of hydrogen-bond acceptors (Lipinski definition) is 4. The SMILES string of the molecule is [14CH3][C@@H]([C@@H](O)c1ccc(OCc2ccccc2)cc1)N1CCC(O)(c2ccccc2)CC1. The Balaban J connectivity index is 1.32. The number of ether oxygens (including phenoxy) is 1. The van der Waals surface area contributed by atoms with E-state index in [2.05, 4.69) is 11.8 Å². The fourth-order valence-corrected chi connectivity index (χ4v) is 4.32. The number of aliphatic hydroxyl groups excluding tert-OH is 1. The second-order valence-corrected chi connectivity index (χ2v) is 8.46. The number of hydrogen-bond donors (Lipinski definition) is 2. The van der Waals surface area contributed by atoms with Gasteiger partial charge in [0, 0.05) is 19.1 Å². The van der Waals surface area contributed by atoms with Gasteiger partial charge in [-0.05, 0) is 48.6 Å². The number of likely N-dealkylation sites (tertiary alicyclic amines) is 1. The predicted molar refractivity (Wildman–Crippen MR) is 123 cm³/mol. The molecule has 4 rings (SSSR count). The van der Waals surface area contributed by atoms with E-state index in [0.29, 0.717) is 19.4 Å². The van der Waals surface area contributed by atoms with E-state index in [4.69, 9.17) is 4.74 Å². The summed E-state index contributed by atoms with van der Waals surface area (Å²) in [5, 5.41) is 22.0. The lowest BCUT2D eigenvalue weighted by molar-refractivity contribution is -0.0501. The molecule has 1 aliphatic rings. The maximum atomic E-state index is 11.1. The molecule has 0 radical (unpaired) electrons. The van der Waals surface area contributed by atoms with Crippen LogP contribution in [-0.4, -0.2) is 34.2 Å². The fraction of sp³-hybridized carbons (Fsp3) is 0.333. The first-order valence-corrected chi connectivity index (χ1v) is 11.0. The van der Waals surface area contributed by atoms with Gasteiger partial charge in [-0.25, -0.2) is 0 Å². The maximum absolute atomic E-state index is 11.1. The molecule has 0 unspecified atom stereocenters. The number of aliphatic hydroxyl groups is 2. The first-order valence-electron chi connectivity index (χ1n) is 11.0. The highest BCUT2D eigenvalue weighted by Gasteiger charge is 2.36. The van der Waals surface area contributed by atoms with Gasteiger partial charge in [-0.2, -0.15) is 0 Å². The molecule has 4 heteroatoms. The normalized spacial score (nSPS) is 18.3. The van der Waals surface area contributed by atoms with Crippen molar-refractivity contribution in [2.24, 2.45) is 0 Å². The van der Waals surface area contributed by atoms with Crippen LogP contribution < -0.4 is 4.74 Å². The van der Waals surface area contributed by atoms with Crippen LogP contribution in [0.5, 0.6) is 5.75 Å². The molecule has 2 N–H and O–H groups in total. The first kappa shape index (κ1) is 21.6. The molecular formula is C27H31NO3. The minimum atomic E-state index is -0.778. The lowest BCUT2D eigenvalue weighted by Gasteiger charge is -2.42. The number of piperidine rings is 1. The third-order valence-electron chi connectivity index (χ3n) is 6.44. The van der Waals surface area contributed by atoms with Crippen molar-refractivity contribution < 1.29 is 14.9 Å². The molecule has 0 aromatic heterocycles. The van der Waals surface area contributed by atoms with Crippen molar-refractivity contribution in [3.63, 3.8) is 0 Å². The van der Waals surface area contributed by atoms with Crippen LogP contribution in [-0.2, 0) is 12.2 Å². The minimum absolute atomic E-state index is 0.0311. The molecule has 0 saturated carbocycles. The molecule has 1 heterocycles. The van der Waals surface area contributed by atoms with Crippen LogP contribution in [0.4, 0.5) is 0 Å². The molecule has 162 valence electrons. The Morgan fingerprint density at radius 2 is 1.45 bits per heavy atom. The molecule has 1 saturated heterocycles. The van der Waals surface area contributed by atoms with Gasteiger partial charge in [-0.15, -0.1) is 0 Å². The topological polar surface area (TPSA) is 52.9 Å². The molecule has 0 spiro atoms. The average Bonchev–Trinajstić information content (AvgIpc) is 2.84. The smallest absolute Gasteiger partial charge is 0.119 e. The van der Waals surface area contributed by atoms with E-state index in [1.165, 1.54) is 0 Å². The Kier molecular flexibility index (Phi) is 6.71. The Labute approximate surface area is 184 Å². The molecule has 0 aliphatic carbocycles. The van der Waals surface area contributed by atoms with Crippen LogP contribution in [0.2, 0.25) is 0 Å². The van der Waals surface area contributed by atoms with Crippen molar-refractivity contribution in [1.29, 1.82) is 0 Å². The zero-order valence-corrected chi connectivity index (χ0v) is 18.0. The summed E-state index contributed by atoms with van der Waals surface area (Å²) in [6.07, 6.45) is 0.742. The van der Waals surface area contributed by atoms with E-state index in [1.54, 1.807) is 0 Å². The third kappa shape index (κ3) is 5.16. The second-order valence-electron chi connectivity index (χ2n) is 8.46.